The first-order valence-electron chi connectivity index (χ1n) is 6.86. The Morgan fingerprint density at radius 1 is 1.37 bits per heavy atom. The second-order valence-electron chi connectivity index (χ2n) is 5.65. The molecule has 0 bridgehead atoms. The predicted molar refractivity (Wildman–Crippen MR) is 73.2 cm³/mol. The number of carbonyl (C=O) groups excluding carboxylic acids is 1. The molecule has 2 rings (SSSR count). The average Bonchev–Trinajstić information content (AvgIpc) is 2.72. The van der Waals surface area contributed by atoms with Gasteiger partial charge in [0.15, 0.2) is 0 Å². The van der Waals surface area contributed by atoms with Crippen LogP contribution in [0.2, 0.25) is 0 Å². The lowest BCUT2D eigenvalue weighted by Crippen LogP contribution is -2.51. The number of sulfonamides is 1. The molecule has 3 atom stereocenters. The topological polar surface area (TPSA) is 78.5 Å². The molecule has 3 unspecified atom stereocenters. The van der Waals surface area contributed by atoms with E-state index in [4.69, 9.17) is 0 Å². The van der Waals surface area contributed by atoms with Crippen molar-refractivity contribution in [1.29, 1.82) is 0 Å². The Labute approximate surface area is 115 Å². The fourth-order valence-electron chi connectivity index (χ4n) is 3.01. The average molecular weight is 289 g/mol. The number of hydrogen-bond acceptors (Lipinski definition) is 4. The van der Waals surface area contributed by atoms with Crippen molar-refractivity contribution < 1.29 is 13.2 Å². The molecule has 2 saturated heterocycles. The minimum absolute atomic E-state index is 0.0389. The summed E-state index contributed by atoms with van der Waals surface area (Å²) in [6.45, 7) is 4.15. The van der Waals surface area contributed by atoms with Crippen molar-refractivity contribution in [3.63, 3.8) is 0 Å². The zero-order valence-electron chi connectivity index (χ0n) is 11.6. The van der Waals surface area contributed by atoms with Gasteiger partial charge in [-0.05, 0) is 32.7 Å². The Morgan fingerprint density at radius 2 is 2.11 bits per heavy atom. The quantitative estimate of drug-likeness (QED) is 0.736. The van der Waals surface area contributed by atoms with E-state index in [0.717, 1.165) is 38.6 Å². The van der Waals surface area contributed by atoms with Crippen LogP contribution in [0.3, 0.4) is 0 Å². The number of rotatable bonds is 3. The lowest BCUT2D eigenvalue weighted by Gasteiger charge is -2.35. The second kappa shape index (κ2) is 5.76. The van der Waals surface area contributed by atoms with Crippen molar-refractivity contribution in [2.45, 2.75) is 38.3 Å². The molecule has 7 heteroatoms. The molecule has 0 aliphatic carbocycles. The number of nitrogens with one attached hydrogen (secondary N) is 2. The SMILES string of the molecule is CC1NCCC1C(=O)N1CCCC(NS(C)(=O)=O)C1. The maximum atomic E-state index is 12.4. The first-order valence-corrected chi connectivity index (χ1v) is 8.75. The maximum absolute atomic E-state index is 12.4. The molecule has 2 aliphatic heterocycles. The molecule has 0 aromatic carbocycles. The highest BCUT2D eigenvalue weighted by molar-refractivity contribution is 7.88. The summed E-state index contributed by atoms with van der Waals surface area (Å²) in [6, 6.07) is 0.0770. The third-order valence-electron chi connectivity index (χ3n) is 3.96. The van der Waals surface area contributed by atoms with Crippen LogP contribution in [0.5, 0.6) is 0 Å². The van der Waals surface area contributed by atoms with Gasteiger partial charge in [0, 0.05) is 25.2 Å². The van der Waals surface area contributed by atoms with E-state index in [2.05, 4.69) is 10.0 Å². The van der Waals surface area contributed by atoms with Crippen LogP contribution >= 0.6 is 0 Å². The highest BCUT2D eigenvalue weighted by Crippen LogP contribution is 2.21. The van der Waals surface area contributed by atoms with Gasteiger partial charge in [0.2, 0.25) is 15.9 Å². The molecule has 0 saturated carbocycles. The van der Waals surface area contributed by atoms with Crippen molar-refractivity contribution in [2.75, 3.05) is 25.9 Å². The van der Waals surface area contributed by atoms with Gasteiger partial charge in [-0.25, -0.2) is 13.1 Å². The molecule has 0 aromatic rings. The number of nitrogens with zero attached hydrogens (tertiary/aromatic N) is 1. The van der Waals surface area contributed by atoms with Gasteiger partial charge in [-0.3, -0.25) is 4.79 Å². The van der Waals surface area contributed by atoms with Gasteiger partial charge in [-0.15, -0.1) is 0 Å². The number of piperidine rings is 1. The fraction of sp³-hybridized carbons (Fsp3) is 0.917. The van der Waals surface area contributed by atoms with Gasteiger partial charge in [0.1, 0.15) is 0 Å². The third-order valence-corrected chi connectivity index (χ3v) is 4.72. The molecule has 0 radical (unpaired) electrons. The van der Waals surface area contributed by atoms with Gasteiger partial charge >= 0.3 is 0 Å². The van der Waals surface area contributed by atoms with Crippen LogP contribution in [0, 0.1) is 5.92 Å². The van der Waals surface area contributed by atoms with Crippen LogP contribution in [0.1, 0.15) is 26.2 Å². The van der Waals surface area contributed by atoms with Gasteiger partial charge in [0.25, 0.3) is 0 Å². The minimum Gasteiger partial charge on any atom is -0.341 e. The number of hydrogen-bond donors (Lipinski definition) is 2. The first kappa shape index (κ1) is 14.7. The second-order valence-corrected chi connectivity index (χ2v) is 7.43. The van der Waals surface area contributed by atoms with E-state index in [1.165, 1.54) is 0 Å². The summed E-state index contributed by atoms with van der Waals surface area (Å²) in [5, 5.41) is 3.28. The Morgan fingerprint density at radius 3 is 2.68 bits per heavy atom. The van der Waals surface area contributed by atoms with Gasteiger partial charge in [0.05, 0.1) is 12.2 Å². The molecule has 110 valence electrons. The summed E-state index contributed by atoms with van der Waals surface area (Å²) in [6.07, 6.45) is 3.69. The zero-order valence-corrected chi connectivity index (χ0v) is 12.4. The van der Waals surface area contributed by atoms with Crippen LogP contribution in [0.4, 0.5) is 0 Å². The van der Waals surface area contributed by atoms with Crippen LogP contribution in [-0.2, 0) is 14.8 Å². The molecule has 2 heterocycles. The summed E-state index contributed by atoms with van der Waals surface area (Å²) >= 11 is 0. The van der Waals surface area contributed by atoms with Gasteiger partial charge in [-0.1, -0.05) is 0 Å². The van der Waals surface area contributed by atoms with E-state index >= 15 is 0 Å². The van der Waals surface area contributed by atoms with Gasteiger partial charge < -0.3 is 10.2 Å². The van der Waals surface area contributed by atoms with E-state index in [-0.39, 0.29) is 23.9 Å². The van der Waals surface area contributed by atoms with E-state index in [9.17, 15) is 13.2 Å². The van der Waals surface area contributed by atoms with Crippen LogP contribution in [0.15, 0.2) is 0 Å². The zero-order chi connectivity index (χ0) is 14.0. The van der Waals surface area contributed by atoms with Crippen molar-refractivity contribution >= 4 is 15.9 Å². The molecular weight excluding hydrogens is 266 g/mol. The number of amides is 1. The standard InChI is InChI=1S/C12H23N3O3S/c1-9-11(5-6-13-9)12(16)15-7-3-4-10(8-15)14-19(2,17)18/h9-11,13-14H,3-8H2,1-2H3. The van der Waals surface area contributed by atoms with Crippen molar-refractivity contribution in [3.05, 3.63) is 0 Å². The van der Waals surface area contributed by atoms with E-state index < -0.39 is 10.0 Å². The van der Waals surface area contributed by atoms with E-state index in [0.29, 0.717) is 6.54 Å². The first-order chi connectivity index (χ1) is 8.87. The normalized spacial score (nSPS) is 32.5. The lowest BCUT2D eigenvalue weighted by molar-refractivity contribution is -0.137. The minimum atomic E-state index is -3.20. The lowest BCUT2D eigenvalue weighted by atomic mass is 9.98. The Hall–Kier alpha value is -0.660. The molecule has 6 nitrogen and oxygen atoms in total. The predicted octanol–water partition coefficient (Wildman–Crippen LogP) is -0.475. The molecule has 2 N–H and O–H groups in total. The van der Waals surface area contributed by atoms with Crippen molar-refractivity contribution in [1.82, 2.24) is 14.9 Å². The summed E-state index contributed by atoms with van der Waals surface area (Å²) < 4.78 is 25.1. The molecular formula is C12H23N3O3S. The largest absolute Gasteiger partial charge is 0.341 e. The Kier molecular flexibility index (Phi) is 4.47. The third kappa shape index (κ3) is 3.90. The number of carbonyl (C=O) groups is 1. The molecule has 19 heavy (non-hydrogen) atoms. The van der Waals surface area contributed by atoms with Crippen LogP contribution in [-0.4, -0.2) is 57.2 Å². The summed E-state index contributed by atoms with van der Waals surface area (Å²) in [5.41, 5.74) is 0. The van der Waals surface area contributed by atoms with Crippen LogP contribution < -0.4 is 10.0 Å². The molecule has 2 fully saturated rings. The molecule has 0 aromatic heterocycles. The number of likely N-dealkylation sites (tertiary alicyclic amines) is 1. The van der Waals surface area contributed by atoms with Gasteiger partial charge in [-0.2, -0.15) is 0 Å². The highest BCUT2D eigenvalue weighted by atomic mass is 32.2. The summed E-state index contributed by atoms with van der Waals surface area (Å²) in [5.74, 6) is 0.203. The summed E-state index contributed by atoms with van der Waals surface area (Å²) in [7, 11) is -3.20. The highest BCUT2D eigenvalue weighted by Gasteiger charge is 2.34. The monoisotopic (exact) mass is 289 g/mol. The Bertz CT molecular complexity index is 438. The summed E-state index contributed by atoms with van der Waals surface area (Å²) in [4.78, 5) is 14.3. The van der Waals surface area contributed by atoms with Crippen molar-refractivity contribution in [2.24, 2.45) is 5.92 Å². The Balaban J connectivity index is 1.95. The van der Waals surface area contributed by atoms with Crippen molar-refractivity contribution in [3.8, 4) is 0 Å². The van der Waals surface area contributed by atoms with Crippen LogP contribution in [0.25, 0.3) is 0 Å². The van der Waals surface area contributed by atoms with E-state index in [1.807, 2.05) is 11.8 Å². The van der Waals surface area contributed by atoms with E-state index in [1.54, 1.807) is 0 Å². The molecule has 1 amide bonds. The smallest absolute Gasteiger partial charge is 0.227 e. The molecule has 0 spiro atoms. The fourth-order valence-corrected chi connectivity index (χ4v) is 3.80. The molecule has 2 aliphatic rings. The maximum Gasteiger partial charge on any atom is 0.227 e.